The predicted octanol–water partition coefficient (Wildman–Crippen LogP) is 5.59. The summed E-state index contributed by atoms with van der Waals surface area (Å²) >= 11 is -1.98. The van der Waals surface area contributed by atoms with E-state index < -0.39 is 44.5 Å². The van der Waals surface area contributed by atoms with Crippen molar-refractivity contribution in [1.82, 2.24) is 0 Å². The van der Waals surface area contributed by atoms with Gasteiger partial charge in [-0.3, -0.25) is 0 Å². The van der Waals surface area contributed by atoms with E-state index in [2.05, 4.69) is 72.8 Å². The zero-order chi connectivity index (χ0) is 26.7. The molecule has 1 atom stereocenters. The van der Waals surface area contributed by atoms with Gasteiger partial charge in [-0.2, -0.15) is 0 Å². The van der Waals surface area contributed by atoms with E-state index in [4.69, 9.17) is 0 Å². The molecule has 0 saturated heterocycles. The second kappa shape index (κ2) is 14.5. The zero-order valence-corrected chi connectivity index (χ0v) is 24.2. The topological polar surface area (TPSA) is 74.6 Å². The van der Waals surface area contributed by atoms with Gasteiger partial charge in [0.25, 0.3) is 0 Å². The van der Waals surface area contributed by atoms with Crippen LogP contribution in [0.4, 0.5) is 0 Å². The summed E-state index contributed by atoms with van der Waals surface area (Å²) < 4.78 is 0.00502. The molecule has 1 unspecified atom stereocenters. The Morgan fingerprint density at radius 1 is 0.579 bits per heavy atom. The first-order valence-corrected chi connectivity index (χ1v) is 18.2. The fourth-order valence-electron chi connectivity index (χ4n) is 4.29. The Hall–Kier alpha value is -2.66. The zero-order valence-electron chi connectivity index (χ0n) is 20.9. The molecule has 0 aliphatic rings. The van der Waals surface area contributed by atoms with Gasteiger partial charge in [0, 0.05) is 0 Å². The van der Waals surface area contributed by atoms with Crippen LogP contribution in [0.25, 0.3) is 0 Å². The minimum absolute atomic E-state index is 0.00502. The van der Waals surface area contributed by atoms with Gasteiger partial charge in [0.2, 0.25) is 0 Å². The summed E-state index contributed by atoms with van der Waals surface area (Å²) in [5.41, 5.74) is 0. The van der Waals surface area contributed by atoms with Crippen LogP contribution in [0.2, 0.25) is 9.79 Å². The van der Waals surface area contributed by atoms with Gasteiger partial charge in [-0.1, -0.05) is 0 Å². The van der Waals surface area contributed by atoms with Crippen molar-refractivity contribution in [3.05, 3.63) is 121 Å². The second-order valence-electron chi connectivity index (χ2n) is 8.47. The van der Waals surface area contributed by atoms with Gasteiger partial charge in [-0.15, -0.1) is 0 Å². The van der Waals surface area contributed by atoms with E-state index in [1.165, 1.54) is 21.2 Å². The van der Waals surface area contributed by atoms with Crippen LogP contribution in [0.1, 0.15) is 6.42 Å². The third kappa shape index (κ3) is 7.92. The maximum atomic E-state index is 12.0. The number of carbonyl (C=O) groups is 2. The van der Waals surface area contributed by atoms with Crippen molar-refractivity contribution in [2.45, 2.75) is 20.3 Å². The molecule has 7 heteroatoms. The molecule has 0 bridgehead atoms. The molecule has 0 spiro atoms. The van der Waals surface area contributed by atoms with Gasteiger partial charge >= 0.3 is 233 Å². The quantitative estimate of drug-likeness (QED) is 0.148. The van der Waals surface area contributed by atoms with Crippen molar-refractivity contribution in [1.29, 1.82) is 0 Å². The Morgan fingerprint density at radius 2 is 0.921 bits per heavy atom. The molecule has 0 heterocycles. The van der Waals surface area contributed by atoms with Crippen LogP contribution in [0.15, 0.2) is 121 Å². The molecular weight excluding hydrogens is 605 g/mol. The number of benzene rings is 4. The van der Waals surface area contributed by atoms with Gasteiger partial charge < -0.3 is 0 Å². The van der Waals surface area contributed by atoms with E-state index >= 15 is 0 Å². The molecule has 0 amide bonds. The summed E-state index contributed by atoms with van der Waals surface area (Å²) in [6, 6.07) is 41.5. The third-order valence-corrected chi connectivity index (χ3v) is 17.7. The molecule has 0 aliphatic carbocycles. The van der Waals surface area contributed by atoms with Crippen molar-refractivity contribution in [3.8, 4) is 0 Å². The Labute approximate surface area is 232 Å². The first-order chi connectivity index (χ1) is 18.5. The number of aliphatic carboxylic acids is 2. The Bertz CT molecular complexity index is 1200. The number of carboxylic acid groups (broad SMARTS) is 2. The number of hydrogen-bond donors (Lipinski definition) is 2. The van der Waals surface area contributed by atoms with Crippen LogP contribution in [-0.4, -0.2) is 32.4 Å². The van der Waals surface area contributed by atoms with E-state index in [0.29, 0.717) is 0 Å². The molecular formula is C31H31O4P2Pd. The van der Waals surface area contributed by atoms with Crippen molar-refractivity contribution in [2.24, 2.45) is 0 Å². The third-order valence-electron chi connectivity index (χ3n) is 5.82. The van der Waals surface area contributed by atoms with Crippen LogP contribution >= 0.6 is 15.8 Å². The first kappa shape index (κ1) is 28.4. The van der Waals surface area contributed by atoms with Crippen molar-refractivity contribution in [2.75, 3.05) is 6.16 Å². The monoisotopic (exact) mass is 635 g/mol. The average molecular weight is 636 g/mol. The predicted molar refractivity (Wildman–Crippen MR) is 156 cm³/mol. The SMILES string of the molecule is O=C(O)[CH2][Pd]([CH2]C(=O)O)[CH](CCP(c1ccccc1)c1ccccc1)P(c1ccccc1)c1ccccc1. The summed E-state index contributed by atoms with van der Waals surface area (Å²) in [5, 5.41) is 24.6. The van der Waals surface area contributed by atoms with E-state index in [1.807, 2.05) is 48.5 Å². The van der Waals surface area contributed by atoms with Crippen molar-refractivity contribution < 1.29 is 36.6 Å². The molecule has 0 fully saturated rings. The summed E-state index contributed by atoms with van der Waals surface area (Å²) in [6.07, 6.45) is 1.66. The van der Waals surface area contributed by atoms with Crippen LogP contribution < -0.4 is 21.2 Å². The van der Waals surface area contributed by atoms with Crippen LogP contribution in [0.5, 0.6) is 0 Å². The number of rotatable bonds is 13. The van der Waals surface area contributed by atoms with Crippen LogP contribution in [-0.2, 0) is 26.3 Å². The van der Waals surface area contributed by atoms with Gasteiger partial charge in [-0.05, 0) is 0 Å². The van der Waals surface area contributed by atoms with E-state index in [1.54, 1.807) is 0 Å². The maximum absolute atomic E-state index is 12.0. The van der Waals surface area contributed by atoms with Crippen molar-refractivity contribution >= 4 is 49.0 Å². The summed E-state index contributed by atoms with van der Waals surface area (Å²) in [6.45, 7) is 0. The summed E-state index contributed by atoms with van der Waals surface area (Å²) in [4.78, 5) is 23.9. The van der Waals surface area contributed by atoms with Gasteiger partial charge in [0.1, 0.15) is 0 Å². The fourth-order valence-corrected chi connectivity index (χ4v) is 16.5. The number of hydrogen-bond acceptors (Lipinski definition) is 2. The van der Waals surface area contributed by atoms with Gasteiger partial charge in [-0.25, -0.2) is 0 Å². The van der Waals surface area contributed by atoms with Crippen LogP contribution in [0.3, 0.4) is 0 Å². The average Bonchev–Trinajstić information content (AvgIpc) is 2.94. The second-order valence-corrected chi connectivity index (χ2v) is 18.1. The molecule has 4 rings (SSSR count). The first-order valence-electron chi connectivity index (χ1n) is 12.2. The molecule has 0 aromatic heterocycles. The Morgan fingerprint density at radius 3 is 1.26 bits per heavy atom. The number of carboxylic acids is 2. The van der Waals surface area contributed by atoms with Crippen molar-refractivity contribution in [3.63, 3.8) is 0 Å². The molecule has 38 heavy (non-hydrogen) atoms. The van der Waals surface area contributed by atoms with Crippen LogP contribution in [0, 0.1) is 0 Å². The standard InChI is InChI=1S/C27H25P2.2C2H3O2.Pd/c1-5-14-24(15-6-1)28(25-16-7-2-8-17-25)22-13-23-29(26-18-9-3-10-19-26)27-20-11-4-12-21-27;2*1-2(3)4;/h1-12,14-22H,13,23H2;2*1H2,(H,3,4);. The van der Waals surface area contributed by atoms with Gasteiger partial charge in [0.15, 0.2) is 0 Å². The molecule has 4 aromatic carbocycles. The molecule has 0 saturated carbocycles. The Kier molecular flexibility index (Phi) is 10.8. The molecule has 199 valence electrons. The molecule has 0 aliphatic heterocycles. The molecule has 4 nitrogen and oxygen atoms in total. The van der Waals surface area contributed by atoms with E-state index in [-0.39, 0.29) is 13.9 Å². The minimum atomic E-state index is -1.98. The summed E-state index contributed by atoms with van der Waals surface area (Å²) in [5.74, 6) is -1.80. The van der Waals surface area contributed by atoms with Gasteiger partial charge in [0.05, 0.1) is 0 Å². The molecule has 4 aromatic rings. The van der Waals surface area contributed by atoms with E-state index in [9.17, 15) is 19.8 Å². The van der Waals surface area contributed by atoms with E-state index in [0.717, 1.165) is 12.6 Å². The molecule has 0 radical (unpaired) electrons. The normalized spacial score (nSPS) is 12.3. The summed E-state index contributed by atoms with van der Waals surface area (Å²) in [7, 11) is -1.63. The Balaban J connectivity index is 1.78. The fraction of sp³-hybridized carbons (Fsp3) is 0.161. The molecule has 2 N–H and O–H groups in total.